The maximum atomic E-state index is 11.5. The molecule has 0 fully saturated rings. The van der Waals surface area contributed by atoms with Crippen molar-refractivity contribution >= 4 is 10.8 Å². The number of hydrogen-bond donors (Lipinski definition) is 2. The Kier molecular flexibility index (Phi) is 3.65. The predicted molar refractivity (Wildman–Crippen MR) is 91.5 cm³/mol. The van der Waals surface area contributed by atoms with Gasteiger partial charge in [-0.3, -0.25) is 0 Å². The van der Waals surface area contributed by atoms with Gasteiger partial charge in [0.2, 0.25) is 0 Å². The Morgan fingerprint density at radius 1 is 1.04 bits per heavy atom. The first-order valence-corrected chi connectivity index (χ1v) is 7.66. The smallest absolute Gasteiger partial charge is 0.136 e. The molecule has 2 aromatic carbocycles. The number of aromatic nitrogens is 2. The van der Waals surface area contributed by atoms with Crippen molar-refractivity contribution in [3.63, 3.8) is 0 Å². The average molecular weight is 310 g/mol. The predicted octanol–water partition coefficient (Wildman–Crippen LogP) is 3.85. The van der Waals surface area contributed by atoms with Gasteiger partial charge >= 0.3 is 0 Å². The van der Waals surface area contributed by atoms with Crippen LogP contribution in [0.1, 0.15) is 32.0 Å². The van der Waals surface area contributed by atoms with Crippen LogP contribution in [0, 0.1) is 5.41 Å². The number of hydrogen-bond acceptors (Lipinski definition) is 3. The van der Waals surface area contributed by atoms with E-state index in [2.05, 4.69) is 9.97 Å². The summed E-state index contributed by atoms with van der Waals surface area (Å²) in [5, 5.41) is 13.7. The molecule has 0 bridgehead atoms. The minimum Gasteiger partial charge on any atom is -0.497 e. The van der Waals surface area contributed by atoms with Crippen molar-refractivity contribution in [1.29, 1.82) is 0 Å². The Labute approximate surface area is 136 Å². The Morgan fingerprint density at radius 3 is 2.35 bits per heavy atom. The molecular formula is C19H22N2O2. The average Bonchev–Trinajstić information content (AvgIpc) is 3.06. The number of methoxy groups -OCH3 is 1. The second kappa shape index (κ2) is 5.39. The van der Waals surface area contributed by atoms with Crippen LogP contribution < -0.4 is 4.74 Å². The number of benzene rings is 2. The maximum absolute atomic E-state index is 11.5. The number of nitrogens with zero attached hydrogens (tertiary/aromatic N) is 1. The normalized spacial score (nSPS) is 14.7. The molecule has 1 aromatic heterocycles. The second-order valence-corrected chi connectivity index (χ2v) is 6.85. The topological polar surface area (TPSA) is 58.1 Å². The molecule has 1 heterocycles. The number of rotatable bonds is 3. The zero-order chi connectivity index (χ0) is 16.7. The Morgan fingerprint density at radius 2 is 1.74 bits per heavy atom. The molecule has 0 aliphatic heterocycles. The molecule has 0 spiro atoms. The molecule has 3 rings (SSSR count). The first kappa shape index (κ1) is 15.6. The number of ether oxygens (including phenoxy) is 1. The molecule has 0 amide bonds. The lowest BCUT2D eigenvalue weighted by Crippen LogP contribution is -2.41. The summed E-state index contributed by atoms with van der Waals surface area (Å²) >= 11 is 0. The number of fused-ring (bicyclic) bond motifs is 1. The van der Waals surface area contributed by atoms with Crippen molar-refractivity contribution in [3.05, 3.63) is 60.2 Å². The highest BCUT2D eigenvalue weighted by Crippen LogP contribution is 2.44. The number of imidazole rings is 1. The number of H-pyrrole nitrogens is 1. The van der Waals surface area contributed by atoms with Gasteiger partial charge in [-0.15, -0.1) is 0 Å². The monoisotopic (exact) mass is 310 g/mol. The third-order valence-electron chi connectivity index (χ3n) is 4.44. The Hall–Kier alpha value is -2.33. The molecule has 2 N–H and O–H groups in total. The van der Waals surface area contributed by atoms with Gasteiger partial charge < -0.3 is 14.8 Å². The van der Waals surface area contributed by atoms with Gasteiger partial charge in [0.25, 0.3) is 0 Å². The van der Waals surface area contributed by atoms with Gasteiger partial charge in [-0.25, -0.2) is 4.98 Å². The highest BCUT2D eigenvalue weighted by Gasteiger charge is 2.44. The zero-order valence-electron chi connectivity index (χ0n) is 13.9. The van der Waals surface area contributed by atoms with E-state index in [0.717, 1.165) is 22.1 Å². The van der Waals surface area contributed by atoms with E-state index < -0.39 is 11.0 Å². The molecule has 0 aliphatic carbocycles. The SMILES string of the molecule is COc1ccc2cc(C(O)(c3cnc[nH]3)C(C)(C)C)ccc2c1. The van der Waals surface area contributed by atoms with Gasteiger partial charge in [-0.05, 0) is 34.5 Å². The molecule has 1 unspecified atom stereocenters. The molecule has 3 aromatic rings. The van der Waals surface area contributed by atoms with Gasteiger partial charge in [0, 0.05) is 5.41 Å². The van der Waals surface area contributed by atoms with Gasteiger partial charge in [-0.1, -0.05) is 39.0 Å². The van der Waals surface area contributed by atoms with Crippen LogP contribution in [-0.4, -0.2) is 22.2 Å². The van der Waals surface area contributed by atoms with E-state index in [1.165, 1.54) is 0 Å². The van der Waals surface area contributed by atoms with Crippen molar-refractivity contribution in [2.45, 2.75) is 26.4 Å². The molecule has 0 aliphatic rings. The summed E-state index contributed by atoms with van der Waals surface area (Å²) in [6.07, 6.45) is 3.28. The van der Waals surface area contributed by atoms with Crippen LogP contribution in [0.2, 0.25) is 0 Å². The Bertz CT molecular complexity index is 819. The van der Waals surface area contributed by atoms with Gasteiger partial charge in [0.15, 0.2) is 0 Å². The molecule has 0 radical (unpaired) electrons. The second-order valence-electron chi connectivity index (χ2n) is 6.85. The summed E-state index contributed by atoms with van der Waals surface area (Å²) in [6.45, 7) is 6.06. The molecular weight excluding hydrogens is 288 g/mol. The molecule has 0 saturated carbocycles. The fourth-order valence-corrected chi connectivity index (χ4v) is 3.02. The summed E-state index contributed by atoms with van der Waals surface area (Å²) in [5.74, 6) is 0.824. The van der Waals surface area contributed by atoms with Crippen molar-refractivity contribution in [1.82, 2.24) is 9.97 Å². The van der Waals surface area contributed by atoms with Gasteiger partial charge in [0.05, 0.1) is 25.3 Å². The Balaban J connectivity index is 2.19. The van der Waals surface area contributed by atoms with E-state index in [1.807, 2.05) is 57.2 Å². The zero-order valence-corrected chi connectivity index (χ0v) is 13.9. The highest BCUT2D eigenvalue weighted by atomic mass is 16.5. The standard InChI is InChI=1S/C19H22N2O2/c1-18(2,3)19(22,17-11-20-12-21-17)15-7-5-14-10-16(23-4)8-6-13(14)9-15/h5-12,22H,1-4H3,(H,20,21). The third-order valence-corrected chi connectivity index (χ3v) is 4.44. The summed E-state index contributed by atoms with van der Waals surface area (Å²) in [5.41, 5.74) is -0.0260. The quantitative estimate of drug-likeness (QED) is 0.772. The molecule has 1 atom stereocenters. The van der Waals surface area contributed by atoms with E-state index in [0.29, 0.717) is 5.69 Å². The number of aliphatic hydroxyl groups is 1. The van der Waals surface area contributed by atoms with Crippen LogP contribution in [0.15, 0.2) is 48.9 Å². The van der Waals surface area contributed by atoms with Crippen LogP contribution in [0.3, 0.4) is 0 Å². The lowest BCUT2D eigenvalue weighted by atomic mass is 9.70. The van der Waals surface area contributed by atoms with Crippen LogP contribution >= 0.6 is 0 Å². The van der Waals surface area contributed by atoms with Crippen molar-refractivity contribution < 1.29 is 9.84 Å². The first-order chi connectivity index (χ1) is 10.9. The van der Waals surface area contributed by atoms with Crippen molar-refractivity contribution in [2.24, 2.45) is 5.41 Å². The fraction of sp³-hybridized carbons (Fsp3) is 0.316. The highest BCUT2D eigenvalue weighted by molar-refractivity contribution is 5.84. The molecule has 4 heteroatoms. The minimum absolute atomic E-state index is 0.403. The van der Waals surface area contributed by atoms with Crippen LogP contribution in [0.5, 0.6) is 5.75 Å². The van der Waals surface area contributed by atoms with Crippen LogP contribution in [-0.2, 0) is 5.60 Å². The van der Waals surface area contributed by atoms with E-state index in [9.17, 15) is 5.11 Å². The van der Waals surface area contributed by atoms with E-state index in [1.54, 1.807) is 19.6 Å². The molecule has 23 heavy (non-hydrogen) atoms. The maximum Gasteiger partial charge on any atom is 0.136 e. The number of aromatic amines is 1. The summed E-state index contributed by atoms with van der Waals surface area (Å²) in [7, 11) is 1.66. The molecule has 0 saturated heterocycles. The molecule has 120 valence electrons. The van der Waals surface area contributed by atoms with E-state index in [4.69, 9.17) is 4.74 Å². The summed E-state index contributed by atoms with van der Waals surface area (Å²) in [4.78, 5) is 7.15. The van der Waals surface area contributed by atoms with Crippen LogP contribution in [0.4, 0.5) is 0 Å². The van der Waals surface area contributed by atoms with E-state index in [-0.39, 0.29) is 0 Å². The van der Waals surface area contributed by atoms with Gasteiger partial charge in [-0.2, -0.15) is 0 Å². The van der Waals surface area contributed by atoms with Crippen LogP contribution in [0.25, 0.3) is 10.8 Å². The lowest BCUT2D eigenvalue weighted by molar-refractivity contribution is -0.0291. The summed E-state index contributed by atoms with van der Waals surface area (Å²) < 4.78 is 5.27. The third kappa shape index (κ3) is 2.49. The number of nitrogens with one attached hydrogen (secondary N) is 1. The van der Waals surface area contributed by atoms with Crippen molar-refractivity contribution in [2.75, 3.05) is 7.11 Å². The molecule has 4 nitrogen and oxygen atoms in total. The fourth-order valence-electron chi connectivity index (χ4n) is 3.02. The lowest BCUT2D eigenvalue weighted by Gasteiger charge is -2.40. The van der Waals surface area contributed by atoms with Gasteiger partial charge in [0.1, 0.15) is 11.4 Å². The van der Waals surface area contributed by atoms with Crippen molar-refractivity contribution in [3.8, 4) is 5.75 Å². The largest absolute Gasteiger partial charge is 0.497 e. The van der Waals surface area contributed by atoms with E-state index >= 15 is 0 Å². The summed E-state index contributed by atoms with van der Waals surface area (Å²) in [6, 6.07) is 11.9. The minimum atomic E-state index is -1.16. The first-order valence-electron chi connectivity index (χ1n) is 7.66.